The van der Waals surface area contributed by atoms with Gasteiger partial charge < -0.3 is 14.5 Å². The fraction of sp³-hybridized carbons (Fsp3) is 0.600. The Bertz CT molecular complexity index is 669. The normalized spacial score (nSPS) is 17.4. The van der Waals surface area contributed by atoms with Crippen LogP contribution >= 0.6 is 11.6 Å². The number of piperidine rings is 1. The third kappa shape index (κ3) is 4.57. The van der Waals surface area contributed by atoms with E-state index < -0.39 is 5.97 Å². The van der Waals surface area contributed by atoms with Gasteiger partial charge in [0.2, 0.25) is 0 Å². The number of benzene rings is 1. The monoisotopic (exact) mass is 381 g/mol. The number of carbonyl (C=O) groups is 2. The molecule has 1 aliphatic heterocycles. The first-order valence-electron chi connectivity index (χ1n) is 9.36. The summed E-state index contributed by atoms with van der Waals surface area (Å²) >= 11 is 6.09. The molecule has 1 unspecified atom stereocenters. The van der Waals surface area contributed by atoms with E-state index in [0.717, 1.165) is 48.8 Å². The summed E-state index contributed by atoms with van der Waals surface area (Å²) in [6, 6.07) is 3.17. The zero-order valence-electron chi connectivity index (χ0n) is 16.2. The van der Waals surface area contributed by atoms with Crippen LogP contribution in [0.15, 0.2) is 12.1 Å². The van der Waals surface area contributed by atoms with Crippen molar-refractivity contribution in [3.8, 4) is 0 Å². The number of hydrogen-bond acceptors (Lipinski definition) is 3. The van der Waals surface area contributed by atoms with Gasteiger partial charge in [0.1, 0.15) is 0 Å². The number of nitrogens with one attached hydrogen (secondary N) is 1. The molecule has 0 aromatic heterocycles. The first kappa shape index (κ1) is 20.7. The minimum Gasteiger partial charge on any atom is -0.465 e. The Kier molecular flexibility index (Phi) is 7.07. The van der Waals surface area contributed by atoms with Gasteiger partial charge in [-0.3, -0.25) is 4.79 Å². The van der Waals surface area contributed by atoms with Crippen molar-refractivity contribution in [2.75, 3.05) is 32.6 Å². The summed E-state index contributed by atoms with van der Waals surface area (Å²) < 4.78 is 5.62. The highest BCUT2D eigenvalue weighted by molar-refractivity contribution is 6.31. The summed E-state index contributed by atoms with van der Waals surface area (Å²) in [6.45, 7) is 5.97. The third-order valence-corrected chi connectivity index (χ3v) is 5.63. The highest BCUT2D eigenvalue weighted by Crippen LogP contribution is 2.29. The highest BCUT2D eigenvalue weighted by Gasteiger charge is 2.39. The van der Waals surface area contributed by atoms with Gasteiger partial charge in [0.25, 0.3) is 5.91 Å². The molecule has 1 saturated heterocycles. The Morgan fingerprint density at radius 2 is 1.92 bits per heavy atom. The molecule has 1 aromatic carbocycles. The van der Waals surface area contributed by atoms with Gasteiger partial charge in [-0.05, 0) is 50.3 Å². The molecule has 5 nitrogen and oxygen atoms in total. The summed E-state index contributed by atoms with van der Waals surface area (Å²) in [5.74, 6) is -0.539. The Morgan fingerprint density at radius 1 is 1.27 bits per heavy atom. The molecule has 0 radical (unpaired) electrons. The zero-order chi connectivity index (χ0) is 19.3. The quantitative estimate of drug-likeness (QED) is 0.594. The van der Waals surface area contributed by atoms with Gasteiger partial charge in [0.15, 0.2) is 6.04 Å². The number of rotatable bonds is 6. The number of esters is 1. The summed E-state index contributed by atoms with van der Waals surface area (Å²) in [5, 5.41) is 3.46. The van der Waals surface area contributed by atoms with E-state index in [1.165, 1.54) is 13.5 Å². The lowest BCUT2D eigenvalue weighted by atomic mass is 10.00. The Labute approximate surface area is 161 Å². The molecule has 1 atom stereocenters. The standard InChI is InChI=1S/C20H29ClN2O3/c1-5-9-17(23(3)10-7-6-8-11-23)19(24)22-18-14(2)12-15(21)13-16(18)20(25)26-4/h12-13,17H,5-11H2,1-4H3/p+1. The van der Waals surface area contributed by atoms with E-state index in [9.17, 15) is 9.59 Å². The minimum atomic E-state index is -0.503. The van der Waals surface area contributed by atoms with Crippen molar-refractivity contribution in [3.63, 3.8) is 0 Å². The number of likely N-dealkylation sites (tertiary alicyclic amines) is 1. The molecule has 1 aliphatic rings. The van der Waals surface area contributed by atoms with Crippen LogP contribution in [0, 0.1) is 6.92 Å². The molecule has 2 rings (SSSR count). The van der Waals surface area contributed by atoms with Crippen LogP contribution < -0.4 is 5.32 Å². The molecule has 26 heavy (non-hydrogen) atoms. The average molecular weight is 382 g/mol. The van der Waals surface area contributed by atoms with E-state index in [0.29, 0.717) is 16.3 Å². The molecular weight excluding hydrogens is 352 g/mol. The van der Waals surface area contributed by atoms with Crippen molar-refractivity contribution < 1.29 is 18.8 Å². The lowest BCUT2D eigenvalue weighted by molar-refractivity contribution is -0.929. The molecule has 0 bridgehead atoms. The summed E-state index contributed by atoms with van der Waals surface area (Å²) in [4.78, 5) is 25.3. The highest BCUT2D eigenvalue weighted by atomic mass is 35.5. The van der Waals surface area contributed by atoms with Gasteiger partial charge in [0, 0.05) is 11.4 Å². The van der Waals surface area contributed by atoms with Crippen molar-refractivity contribution >= 4 is 29.2 Å². The van der Waals surface area contributed by atoms with E-state index in [4.69, 9.17) is 16.3 Å². The number of ether oxygens (including phenoxy) is 1. The second-order valence-electron chi connectivity index (χ2n) is 7.42. The fourth-order valence-corrected chi connectivity index (χ4v) is 4.20. The van der Waals surface area contributed by atoms with Gasteiger partial charge in [-0.25, -0.2) is 4.79 Å². The van der Waals surface area contributed by atoms with Crippen LogP contribution in [0.4, 0.5) is 5.69 Å². The molecule has 0 saturated carbocycles. The van der Waals surface area contributed by atoms with E-state index in [1.807, 2.05) is 6.92 Å². The maximum Gasteiger partial charge on any atom is 0.340 e. The first-order chi connectivity index (χ1) is 12.3. The van der Waals surface area contributed by atoms with Gasteiger partial charge in [-0.1, -0.05) is 18.5 Å². The second-order valence-corrected chi connectivity index (χ2v) is 7.85. The van der Waals surface area contributed by atoms with E-state index >= 15 is 0 Å². The Morgan fingerprint density at radius 3 is 2.50 bits per heavy atom. The molecule has 0 aliphatic carbocycles. The summed E-state index contributed by atoms with van der Waals surface area (Å²) in [7, 11) is 3.50. The number of likely N-dealkylation sites (N-methyl/N-ethyl adjacent to an activating group) is 1. The number of quaternary nitrogens is 1. The van der Waals surface area contributed by atoms with Crippen LogP contribution in [0.3, 0.4) is 0 Å². The van der Waals surface area contributed by atoms with Gasteiger partial charge >= 0.3 is 5.97 Å². The lowest BCUT2D eigenvalue weighted by Crippen LogP contribution is -2.59. The summed E-state index contributed by atoms with van der Waals surface area (Å²) in [6.07, 6.45) is 5.30. The number of aryl methyl sites for hydroxylation is 1. The maximum atomic E-state index is 13.2. The number of halogens is 1. The third-order valence-electron chi connectivity index (χ3n) is 5.41. The maximum absolute atomic E-state index is 13.2. The number of anilines is 1. The van der Waals surface area contributed by atoms with Crippen LogP contribution in [0.25, 0.3) is 0 Å². The fourth-order valence-electron chi connectivity index (χ4n) is 3.93. The number of hydrogen-bond donors (Lipinski definition) is 1. The van der Waals surface area contributed by atoms with Crippen LogP contribution in [0.1, 0.15) is 54.9 Å². The van der Waals surface area contributed by atoms with Crippen molar-refractivity contribution in [3.05, 3.63) is 28.3 Å². The lowest BCUT2D eigenvalue weighted by Gasteiger charge is -2.43. The smallest absolute Gasteiger partial charge is 0.340 e. The van der Waals surface area contributed by atoms with Gasteiger partial charge in [0.05, 0.1) is 38.5 Å². The van der Waals surface area contributed by atoms with Crippen molar-refractivity contribution in [1.29, 1.82) is 0 Å². The average Bonchev–Trinajstić information content (AvgIpc) is 2.61. The topological polar surface area (TPSA) is 55.4 Å². The van der Waals surface area contributed by atoms with Crippen molar-refractivity contribution in [1.82, 2.24) is 0 Å². The van der Waals surface area contributed by atoms with E-state index in [1.54, 1.807) is 12.1 Å². The van der Waals surface area contributed by atoms with Crippen molar-refractivity contribution in [2.45, 2.75) is 52.0 Å². The Balaban J connectivity index is 2.33. The number of amides is 1. The largest absolute Gasteiger partial charge is 0.465 e. The predicted octanol–water partition coefficient (Wildman–Crippen LogP) is 4.17. The van der Waals surface area contributed by atoms with Crippen LogP contribution in [-0.2, 0) is 9.53 Å². The van der Waals surface area contributed by atoms with Crippen LogP contribution in [0.2, 0.25) is 5.02 Å². The molecule has 1 aromatic rings. The molecule has 1 heterocycles. The summed E-state index contributed by atoms with van der Waals surface area (Å²) in [5.41, 5.74) is 1.54. The molecule has 144 valence electrons. The molecular formula is C20H30ClN2O3+. The SMILES string of the molecule is CCCC(C(=O)Nc1c(C)cc(Cl)cc1C(=O)OC)[N+]1(C)CCCCC1. The number of methoxy groups -OCH3 is 1. The zero-order valence-corrected chi connectivity index (χ0v) is 17.0. The molecule has 1 fully saturated rings. The number of nitrogens with zero attached hydrogens (tertiary/aromatic N) is 1. The van der Waals surface area contributed by atoms with E-state index in [2.05, 4.69) is 19.3 Å². The van der Waals surface area contributed by atoms with Gasteiger partial charge in [-0.15, -0.1) is 0 Å². The van der Waals surface area contributed by atoms with Crippen LogP contribution in [-0.4, -0.2) is 49.6 Å². The Hall–Kier alpha value is -1.59. The number of carbonyl (C=O) groups excluding carboxylic acids is 2. The molecule has 1 amide bonds. The molecule has 6 heteroatoms. The molecule has 1 N–H and O–H groups in total. The predicted molar refractivity (Wildman–Crippen MR) is 105 cm³/mol. The van der Waals surface area contributed by atoms with E-state index in [-0.39, 0.29) is 11.9 Å². The van der Waals surface area contributed by atoms with Crippen molar-refractivity contribution in [2.24, 2.45) is 0 Å². The second kappa shape index (κ2) is 8.87. The van der Waals surface area contributed by atoms with Gasteiger partial charge in [-0.2, -0.15) is 0 Å². The minimum absolute atomic E-state index is 0.0353. The van der Waals surface area contributed by atoms with Crippen LogP contribution in [0.5, 0.6) is 0 Å². The molecule has 0 spiro atoms. The first-order valence-corrected chi connectivity index (χ1v) is 9.73.